The number of hydrogen-bond donors (Lipinski definition) is 0. The summed E-state index contributed by atoms with van der Waals surface area (Å²) in [4.78, 5) is 18.5. The number of amides is 1. The predicted molar refractivity (Wildman–Crippen MR) is 97.7 cm³/mol. The van der Waals surface area contributed by atoms with Crippen LogP contribution in [-0.4, -0.2) is 33.3 Å². The van der Waals surface area contributed by atoms with Crippen LogP contribution in [0.2, 0.25) is 5.02 Å². The van der Waals surface area contributed by atoms with Crippen molar-refractivity contribution < 1.29 is 9.53 Å². The molecule has 0 saturated carbocycles. The number of carbonyl (C=O) groups is 1. The third-order valence-corrected chi connectivity index (χ3v) is 4.24. The summed E-state index contributed by atoms with van der Waals surface area (Å²) in [7, 11) is 0. The van der Waals surface area contributed by atoms with E-state index < -0.39 is 0 Å². The molecular weight excluding hydrogens is 391 g/mol. The number of halogens is 1. The van der Waals surface area contributed by atoms with E-state index in [2.05, 4.69) is 21.0 Å². The van der Waals surface area contributed by atoms with Crippen molar-refractivity contribution in [2.45, 2.75) is 6.92 Å². The molecule has 1 amide bonds. The van der Waals surface area contributed by atoms with Crippen LogP contribution >= 0.6 is 11.6 Å². The Morgan fingerprint density at radius 3 is 2.46 bits per heavy atom. The van der Waals surface area contributed by atoms with Crippen LogP contribution in [0.5, 0.6) is 5.75 Å². The molecule has 0 bridgehead atoms. The monoisotopic (exact) mass is 405 g/mol. The van der Waals surface area contributed by atoms with Crippen molar-refractivity contribution in [2.75, 3.05) is 11.5 Å². The van der Waals surface area contributed by atoms with Crippen LogP contribution < -0.4 is 9.64 Å². The van der Waals surface area contributed by atoms with Gasteiger partial charge in [0.05, 0.1) is 0 Å². The topological polar surface area (TPSA) is 41.9 Å². The number of carbonyl (C=O) groups excluding carboxylic acids is 1. The van der Waals surface area contributed by atoms with Gasteiger partial charge in [-0.25, -0.2) is 0 Å². The van der Waals surface area contributed by atoms with Crippen LogP contribution in [0.1, 0.15) is 12.5 Å². The van der Waals surface area contributed by atoms with Crippen molar-refractivity contribution in [3.63, 3.8) is 0 Å². The van der Waals surface area contributed by atoms with E-state index in [0.29, 0.717) is 22.1 Å². The van der Waals surface area contributed by atoms with Gasteiger partial charge in [-0.05, 0) is 0 Å². The van der Waals surface area contributed by atoms with Crippen molar-refractivity contribution in [1.29, 1.82) is 0 Å². The van der Waals surface area contributed by atoms with Gasteiger partial charge >= 0.3 is 154 Å². The Hall–Kier alpha value is -2.07. The third-order valence-electron chi connectivity index (χ3n) is 3.41. The molecule has 0 saturated heterocycles. The minimum atomic E-state index is -0.181. The Bertz CT molecular complexity index is 814. The second kappa shape index (κ2) is 7.22. The van der Waals surface area contributed by atoms with Crippen molar-refractivity contribution in [1.82, 2.24) is 0 Å². The van der Waals surface area contributed by atoms with Gasteiger partial charge in [0.2, 0.25) is 0 Å². The number of nitrogens with zero attached hydrogens (tertiary/aromatic N) is 2. The number of ether oxygens (including phenoxy) is 1. The van der Waals surface area contributed by atoms with Crippen LogP contribution in [0.4, 0.5) is 5.69 Å². The fraction of sp³-hybridized carbons (Fsp3) is 0.111. The summed E-state index contributed by atoms with van der Waals surface area (Å²) in [6, 6.07) is 14.6. The fourth-order valence-electron chi connectivity index (χ4n) is 2.30. The van der Waals surface area contributed by atoms with Crippen molar-refractivity contribution >= 4 is 50.0 Å². The molecule has 2 aromatic carbocycles. The zero-order valence-corrected chi connectivity index (χ0v) is 15.4. The second-order valence-electron chi connectivity index (χ2n) is 5.04. The zero-order chi connectivity index (χ0) is 17.1. The van der Waals surface area contributed by atoms with Crippen molar-refractivity contribution in [3.8, 4) is 5.75 Å². The van der Waals surface area contributed by atoms with E-state index in [1.165, 1.54) is 4.90 Å². The van der Waals surface area contributed by atoms with Crippen LogP contribution in [0, 0.1) is 0 Å². The van der Waals surface area contributed by atoms with Gasteiger partial charge in [0.15, 0.2) is 0 Å². The summed E-state index contributed by atoms with van der Waals surface area (Å²) in [5, 5.41) is 0.620. The molecule has 1 aliphatic rings. The molecule has 6 heteroatoms. The van der Waals surface area contributed by atoms with Gasteiger partial charge in [-0.15, -0.1) is 0 Å². The summed E-state index contributed by atoms with van der Waals surface area (Å²) in [6.07, 6.45) is 1.76. The standard InChI is InChI=1S/C18H14ClN2O2Se/c1-2-23-15-9-3-12(4-10-15)11-16-17(22)21(18(24)20-16)14-7-5-13(19)6-8-14/h3-11H,2H2,1H3/b16-11-. The number of benzene rings is 2. The van der Waals surface area contributed by atoms with E-state index in [1.807, 2.05) is 31.2 Å². The zero-order valence-electron chi connectivity index (χ0n) is 12.9. The van der Waals surface area contributed by atoms with Crippen LogP contribution in [0.3, 0.4) is 0 Å². The molecule has 0 spiro atoms. The van der Waals surface area contributed by atoms with E-state index >= 15 is 0 Å². The Labute approximate surface area is 153 Å². The van der Waals surface area contributed by atoms with Gasteiger partial charge in [-0.2, -0.15) is 0 Å². The molecule has 24 heavy (non-hydrogen) atoms. The summed E-state index contributed by atoms with van der Waals surface area (Å²) in [6.45, 7) is 2.56. The van der Waals surface area contributed by atoms with Gasteiger partial charge in [0.25, 0.3) is 0 Å². The molecule has 0 fully saturated rings. The van der Waals surface area contributed by atoms with Crippen LogP contribution in [-0.2, 0) is 4.79 Å². The normalized spacial score (nSPS) is 15.8. The number of anilines is 1. The number of amidine groups is 1. The Morgan fingerprint density at radius 2 is 1.83 bits per heavy atom. The van der Waals surface area contributed by atoms with Gasteiger partial charge in [0, 0.05) is 0 Å². The van der Waals surface area contributed by atoms with E-state index in [4.69, 9.17) is 16.3 Å². The molecule has 1 radical (unpaired) electrons. The molecule has 0 N–H and O–H groups in total. The Kier molecular flexibility index (Phi) is 5.05. The average molecular weight is 405 g/mol. The van der Waals surface area contributed by atoms with E-state index in [1.54, 1.807) is 30.3 Å². The molecule has 1 heterocycles. The molecule has 2 aromatic rings. The first-order chi connectivity index (χ1) is 11.6. The second-order valence-corrected chi connectivity index (χ2v) is 6.25. The van der Waals surface area contributed by atoms with Crippen molar-refractivity contribution in [3.05, 3.63) is 64.8 Å². The maximum absolute atomic E-state index is 12.6. The maximum atomic E-state index is 12.6. The molecule has 0 aliphatic carbocycles. The molecule has 0 unspecified atom stereocenters. The molecule has 121 valence electrons. The molecular formula is C18H14ClN2O2Se. The van der Waals surface area contributed by atoms with Crippen molar-refractivity contribution in [2.24, 2.45) is 4.99 Å². The van der Waals surface area contributed by atoms with E-state index in [0.717, 1.165) is 17.0 Å². The van der Waals surface area contributed by atoms with Gasteiger partial charge in [0.1, 0.15) is 0 Å². The van der Waals surface area contributed by atoms with E-state index in [9.17, 15) is 4.79 Å². The van der Waals surface area contributed by atoms with Gasteiger partial charge in [-0.1, -0.05) is 0 Å². The molecule has 0 atom stereocenters. The third kappa shape index (κ3) is 3.54. The average Bonchev–Trinajstić information content (AvgIpc) is 2.85. The Morgan fingerprint density at radius 1 is 1.17 bits per heavy atom. The SMILES string of the molecule is CCOc1ccc(/C=C2\N=C([Se])N(c3ccc(Cl)cc3)C2=O)cc1. The summed E-state index contributed by atoms with van der Waals surface area (Å²) >= 11 is 8.73. The Balaban J connectivity index is 1.85. The van der Waals surface area contributed by atoms with Gasteiger partial charge < -0.3 is 0 Å². The first-order valence-corrected chi connectivity index (χ1v) is 8.62. The molecule has 0 aromatic heterocycles. The quantitative estimate of drug-likeness (QED) is 0.576. The summed E-state index contributed by atoms with van der Waals surface area (Å²) < 4.78 is 5.93. The molecule has 4 nitrogen and oxygen atoms in total. The summed E-state index contributed by atoms with van der Waals surface area (Å²) in [5.74, 6) is 0.619. The number of rotatable bonds is 4. The first kappa shape index (κ1) is 16.8. The number of hydrogen-bond acceptors (Lipinski definition) is 3. The van der Waals surface area contributed by atoms with Crippen LogP contribution in [0.15, 0.2) is 59.2 Å². The molecule has 1 aliphatic heterocycles. The van der Waals surface area contributed by atoms with Crippen LogP contribution in [0.25, 0.3) is 6.08 Å². The minimum absolute atomic E-state index is 0.181. The summed E-state index contributed by atoms with van der Waals surface area (Å²) in [5.41, 5.74) is 1.98. The first-order valence-electron chi connectivity index (χ1n) is 7.39. The van der Waals surface area contributed by atoms with Gasteiger partial charge in [-0.3, -0.25) is 0 Å². The fourth-order valence-corrected chi connectivity index (χ4v) is 3.03. The number of aliphatic imine (C=N–C) groups is 1. The van der Waals surface area contributed by atoms with E-state index in [-0.39, 0.29) is 5.91 Å². The predicted octanol–water partition coefficient (Wildman–Crippen LogP) is 3.65. The molecule has 3 rings (SSSR count).